The second-order valence-electron chi connectivity index (χ2n) is 14.2. The molecule has 0 unspecified atom stereocenters. The highest BCUT2D eigenvalue weighted by Crippen LogP contribution is 2.57. The smallest absolute Gasteiger partial charge is 0.114 e. The van der Waals surface area contributed by atoms with E-state index >= 15 is 0 Å². The fraction of sp³-hybridized carbons (Fsp3) is 0.182. The van der Waals surface area contributed by atoms with Crippen molar-refractivity contribution in [2.24, 2.45) is 0 Å². The quantitative estimate of drug-likeness (QED) is 0.173. The summed E-state index contributed by atoms with van der Waals surface area (Å²) in [4.78, 5) is 4.14. The Kier molecular flexibility index (Phi) is 6.89. The first kappa shape index (κ1) is 29.2. The Balaban J connectivity index is 1.38. The fourth-order valence-electron chi connectivity index (χ4n) is 8.46. The van der Waals surface area contributed by atoms with E-state index in [1.54, 1.807) is 0 Å². The van der Waals surface area contributed by atoms with Crippen LogP contribution in [-0.4, -0.2) is 7.85 Å². The summed E-state index contributed by atoms with van der Waals surface area (Å²) >= 11 is 3.98. The molecule has 6 aromatic carbocycles. The Bertz CT molecular complexity index is 2200. The Morgan fingerprint density at radius 2 is 0.936 bits per heavy atom. The molecule has 0 amide bonds. The maximum absolute atomic E-state index is 2.62. The van der Waals surface area contributed by atoms with Crippen LogP contribution >= 0.6 is 23.5 Å². The number of benzene rings is 6. The van der Waals surface area contributed by atoms with E-state index in [0.29, 0.717) is 0 Å². The number of thioether (sulfide) groups is 1. The molecule has 1 heterocycles. The van der Waals surface area contributed by atoms with Crippen molar-refractivity contribution in [1.29, 1.82) is 0 Å². The van der Waals surface area contributed by atoms with E-state index in [1.165, 1.54) is 107 Å². The minimum Gasteiger partial charge on any atom is -0.114 e. The van der Waals surface area contributed by atoms with E-state index in [1.807, 2.05) is 23.5 Å². The predicted octanol–water partition coefficient (Wildman–Crippen LogP) is 12.2. The van der Waals surface area contributed by atoms with Gasteiger partial charge in [-0.3, -0.25) is 0 Å². The summed E-state index contributed by atoms with van der Waals surface area (Å²) in [7, 11) is 2.53. The molecule has 0 saturated heterocycles. The molecule has 0 N–H and O–H groups in total. The molecule has 1 saturated carbocycles. The molecule has 2 aliphatic carbocycles. The second kappa shape index (κ2) is 11.1. The molecule has 0 atom stereocenters. The summed E-state index contributed by atoms with van der Waals surface area (Å²) in [6.07, 6.45) is 5.04. The minimum atomic E-state index is -0.0181. The van der Waals surface area contributed by atoms with Gasteiger partial charge in [-0.15, -0.1) is 11.8 Å². The van der Waals surface area contributed by atoms with Crippen molar-refractivity contribution in [3.8, 4) is 55.6 Å². The summed E-state index contributed by atoms with van der Waals surface area (Å²) in [5, 5.41) is 0.127. The molecule has 6 aromatic rings. The minimum absolute atomic E-state index is 0.0181. The monoisotopic (exact) mass is 640 g/mol. The molecule has 0 bridgehead atoms. The third kappa shape index (κ3) is 4.69. The van der Waals surface area contributed by atoms with Gasteiger partial charge in [-0.25, -0.2) is 0 Å². The molecular formula is C44H37BS2. The van der Waals surface area contributed by atoms with Crippen LogP contribution in [0.4, 0.5) is 0 Å². The van der Waals surface area contributed by atoms with Crippen LogP contribution in [0.5, 0.6) is 0 Å². The summed E-state index contributed by atoms with van der Waals surface area (Å²) < 4.78 is -0.0181. The van der Waals surface area contributed by atoms with E-state index in [4.69, 9.17) is 0 Å². The maximum Gasteiger partial charge on any atom is 0.115 e. The summed E-state index contributed by atoms with van der Waals surface area (Å²) in [5.41, 5.74) is 16.2. The predicted molar refractivity (Wildman–Crippen MR) is 205 cm³/mol. The van der Waals surface area contributed by atoms with Gasteiger partial charge in [0.05, 0.1) is 0 Å². The van der Waals surface area contributed by atoms with Gasteiger partial charge in [0.1, 0.15) is 7.85 Å². The van der Waals surface area contributed by atoms with E-state index in [0.717, 1.165) is 0 Å². The Morgan fingerprint density at radius 3 is 1.53 bits per heavy atom. The third-order valence-corrected chi connectivity index (χ3v) is 13.5. The van der Waals surface area contributed by atoms with Gasteiger partial charge in [-0.2, -0.15) is 0 Å². The van der Waals surface area contributed by atoms with E-state index < -0.39 is 0 Å². The lowest BCUT2D eigenvalue weighted by atomic mass is 9.60. The van der Waals surface area contributed by atoms with Crippen LogP contribution in [0.1, 0.15) is 50.7 Å². The fourth-order valence-corrected chi connectivity index (χ4v) is 11.2. The van der Waals surface area contributed by atoms with Crippen LogP contribution in [0.2, 0.25) is 0 Å². The number of fused-ring (bicyclic) bond motifs is 10. The molecule has 0 radical (unpaired) electrons. The molecule has 47 heavy (non-hydrogen) atoms. The molecule has 0 spiro atoms. The SMILES string of the molecule is BC1(c2cc3c(cc2-c2cccc4c2Sc2ccccc2C(C)(C)S4)-c2ccccc2-c2ccccc2-c2ccccc2-3)CCCC1. The lowest BCUT2D eigenvalue weighted by molar-refractivity contribution is 0.637. The molecule has 0 aromatic heterocycles. The maximum atomic E-state index is 2.62. The second-order valence-corrected chi connectivity index (χ2v) is 16.9. The summed E-state index contributed by atoms with van der Waals surface area (Å²) in [6.45, 7) is 4.75. The lowest BCUT2D eigenvalue weighted by Gasteiger charge is -2.32. The van der Waals surface area contributed by atoms with Gasteiger partial charge in [-0.05, 0) is 104 Å². The van der Waals surface area contributed by atoms with Crippen LogP contribution in [0.15, 0.2) is 142 Å². The third-order valence-electron chi connectivity index (χ3n) is 10.8. The molecule has 1 aliphatic heterocycles. The number of rotatable bonds is 2. The normalized spacial score (nSPS) is 16.6. The first-order chi connectivity index (χ1) is 22.9. The van der Waals surface area contributed by atoms with Crippen molar-refractivity contribution in [3.63, 3.8) is 0 Å². The van der Waals surface area contributed by atoms with Gasteiger partial charge in [0, 0.05) is 19.4 Å². The Morgan fingerprint density at radius 1 is 0.468 bits per heavy atom. The van der Waals surface area contributed by atoms with Crippen molar-refractivity contribution in [1.82, 2.24) is 0 Å². The van der Waals surface area contributed by atoms with Gasteiger partial charge in [0.25, 0.3) is 0 Å². The highest BCUT2D eigenvalue weighted by molar-refractivity contribution is 8.03. The Hall–Kier alpha value is -3.92. The lowest BCUT2D eigenvalue weighted by Crippen LogP contribution is -2.23. The first-order valence-corrected chi connectivity index (χ1v) is 18.6. The van der Waals surface area contributed by atoms with Crippen molar-refractivity contribution in [2.45, 2.75) is 64.3 Å². The van der Waals surface area contributed by atoms with Crippen molar-refractivity contribution in [2.75, 3.05) is 0 Å². The molecule has 1 fully saturated rings. The molecule has 228 valence electrons. The molecule has 3 aliphatic rings. The van der Waals surface area contributed by atoms with Gasteiger partial charge in [0.15, 0.2) is 0 Å². The highest BCUT2D eigenvalue weighted by Gasteiger charge is 2.36. The van der Waals surface area contributed by atoms with Gasteiger partial charge in [-0.1, -0.05) is 147 Å². The molecule has 3 heteroatoms. The molecular weight excluding hydrogens is 603 g/mol. The average molecular weight is 641 g/mol. The van der Waals surface area contributed by atoms with Crippen molar-refractivity contribution in [3.05, 3.63) is 139 Å². The summed E-state index contributed by atoms with van der Waals surface area (Å²) in [5.74, 6) is 0. The average Bonchev–Trinajstić information content (AvgIpc) is 3.50. The van der Waals surface area contributed by atoms with E-state index in [-0.39, 0.29) is 10.1 Å². The zero-order valence-corrected chi connectivity index (χ0v) is 28.9. The van der Waals surface area contributed by atoms with Crippen LogP contribution in [0.25, 0.3) is 55.6 Å². The van der Waals surface area contributed by atoms with Gasteiger partial charge < -0.3 is 0 Å². The van der Waals surface area contributed by atoms with Crippen LogP contribution in [0.3, 0.4) is 0 Å². The topological polar surface area (TPSA) is 0 Å². The molecule has 9 rings (SSSR count). The van der Waals surface area contributed by atoms with Crippen LogP contribution < -0.4 is 0 Å². The van der Waals surface area contributed by atoms with E-state index in [9.17, 15) is 0 Å². The van der Waals surface area contributed by atoms with Crippen LogP contribution in [-0.2, 0) is 10.1 Å². The van der Waals surface area contributed by atoms with Gasteiger partial charge >= 0.3 is 0 Å². The van der Waals surface area contributed by atoms with Crippen molar-refractivity contribution < 1.29 is 0 Å². The van der Waals surface area contributed by atoms with Crippen molar-refractivity contribution >= 4 is 31.4 Å². The Labute approximate surface area is 288 Å². The van der Waals surface area contributed by atoms with Gasteiger partial charge in [0.2, 0.25) is 0 Å². The number of hydrogen-bond acceptors (Lipinski definition) is 2. The highest BCUT2D eigenvalue weighted by atomic mass is 32.2. The zero-order chi connectivity index (χ0) is 31.8. The van der Waals surface area contributed by atoms with Crippen LogP contribution in [0, 0.1) is 0 Å². The zero-order valence-electron chi connectivity index (χ0n) is 27.3. The van der Waals surface area contributed by atoms with E-state index in [2.05, 4.69) is 149 Å². The first-order valence-electron chi connectivity index (χ1n) is 17.0. The largest absolute Gasteiger partial charge is 0.115 e. The number of hydrogen-bond donors (Lipinski definition) is 0. The summed E-state index contributed by atoms with van der Waals surface area (Å²) in [6, 6.07) is 48.4. The standard InChI is InChI=1S/C44H37BS2/c1-43(2)38-21-9-10-22-40(38)46-42-34(20-13-23-41(42)47-43)37-26-35-32-18-7-5-16-30(32)28-14-3-4-15-29(28)31-17-6-8-19-33(31)36(35)27-39(37)44(45)24-11-12-25-44/h3-10,13-23,26-27H,11-12,24-25,45H2,1-2H3. The molecule has 0 nitrogen and oxygen atoms in total.